The van der Waals surface area contributed by atoms with E-state index < -0.39 is 0 Å². The lowest BCUT2D eigenvalue weighted by Gasteiger charge is -2.23. The molecule has 1 unspecified atom stereocenters. The third-order valence-electron chi connectivity index (χ3n) is 3.25. The number of benzene rings is 1. The molecule has 120 valence electrons. The summed E-state index contributed by atoms with van der Waals surface area (Å²) in [5, 5.41) is 0. The summed E-state index contributed by atoms with van der Waals surface area (Å²) < 4.78 is 0. The third kappa shape index (κ3) is 5.30. The van der Waals surface area contributed by atoms with Crippen molar-refractivity contribution in [2.75, 3.05) is 13.6 Å². The van der Waals surface area contributed by atoms with Crippen molar-refractivity contribution in [3.05, 3.63) is 66.0 Å². The topological polar surface area (TPSA) is 59.2 Å². The molecule has 0 fully saturated rings. The fraction of sp³-hybridized carbons (Fsp3) is 0.250. The molecule has 4 nitrogen and oxygen atoms in total. The van der Waals surface area contributed by atoms with Gasteiger partial charge in [0.25, 0.3) is 0 Å². The van der Waals surface area contributed by atoms with Gasteiger partial charge in [0.15, 0.2) is 0 Å². The van der Waals surface area contributed by atoms with Crippen LogP contribution in [-0.2, 0) is 11.3 Å². The van der Waals surface area contributed by atoms with Crippen LogP contribution in [0.5, 0.6) is 0 Å². The maximum atomic E-state index is 12.5. The van der Waals surface area contributed by atoms with Gasteiger partial charge in [0.05, 0.1) is 5.92 Å². The molecular weight excluding hydrogens is 321 g/mol. The summed E-state index contributed by atoms with van der Waals surface area (Å²) in [6.07, 6.45) is 3.49. The third-order valence-corrected chi connectivity index (χ3v) is 3.25. The summed E-state index contributed by atoms with van der Waals surface area (Å²) in [4.78, 5) is 18.3. The van der Waals surface area contributed by atoms with Crippen LogP contribution in [0.25, 0.3) is 0 Å². The highest BCUT2D eigenvalue weighted by molar-refractivity contribution is 5.85. The van der Waals surface area contributed by atoms with Crippen molar-refractivity contribution in [3.63, 3.8) is 0 Å². The van der Waals surface area contributed by atoms with Gasteiger partial charge in [-0.2, -0.15) is 0 Å². The molecule has 0 bridgehead atoms. The molecule has 0 aliphatic heterocycles. The molecule has 1 atom stereocenters. The Hall–Kier alpha value is -1.62. The van der Waals surface area contributed by atoms with Gasteiger partial charge in [-0.05, 0) is 17.2 Å². The van der Waals surface area contributed by atoms with E-state index in [0.717, 1.165) is 11.1 Å². The van der Waals surface area contributed by atoms with Crippen molar-refractivity contribution >= 4 is 30.7 Å². The normalized spacial score (nSPS) is 10.8. The van der Waals surface area contributed by atoms with Crippen LogP contribution in [0, 0.1) is 0 Å². The quantitative estimate of drug-likeness (QED) is 0.909. The van der Waals surface area contributed by atoms with E-state index in [1.807, 2.05) is 42.5 Å². The first-order valence-electron chi connectivity index (χ1n) is 6.61. The Kier molecular flexibility index (Phi) is 9.42. The second-order valence-electron chi connectivity index (χ2n) is 4.75. The molecule has 2 aromatic rings. The minimum atomic E-state index is -0.294. The Morgan fingerprint density at radius 2 is 1.86 bits per heavy atom. The molecule has 0 aliphatic carbocycles. The van der Waals surface area contributed by atoms with Gasteiger partial charge < -0.3 is 10.6 Å². The number of hydrogen-bond donors (Lipinski definition) is 1. The lowest BCUT2D eigenvalue weighted by atomic mass is 9.98. The predicted octanol–water partition coefficient (Wildman–Crippen LogP) is 2.63. The number of carbonyl (C=O) groups excluding carboxylic acids is 1. The van der Waals surface area contributed by atoms with E-state index in [1.54, 1.807) is 24.3 Å². The number of nitrogens with two attached hydrogens (primary N) is 1. The van der Waals surface area contributed by atoms with Crippen LogP contribution in [0.1, 0.15) is 17.0 Å². The molecule has 1 heterocycles. The zero-order valence-corrected chi connectivity index (χ0v) is 14.0. The highest BCUT2D eigenvalue weighted by Gasteiger charge is 2.22. The number of amides is 1. The number of likely N-dealkylation sites (N-methyl/N-ethyl adjacent to an activating group) is 1. The molecule has 2 N–H and O–H groups in total. The molecule has 0 aliphatic rings. The predicted molar refractivity (Wildman–Crippen MR) is 93.4 cm³/mol. The molecule has 0 saturated carbocycles. The molecule has 1 aromatic carbocycles. The van der Waals surface area contributed by atoms with E-state index in [9.17, 15) is 4.79 Å². The second kappa shape index (κ2) is 10.2. The molecule has 0 radical (unpaired) electrons. The zero-order valence-electron chi connectivity index (χ0n) is 12.4. The van der Waals surface area contributed by atoms with Crippen LogP contribution in [0.15, 0.2) is 54.9 Å². The van der Waals surface area contributed by atoms with Gasteiger partial charge >= 0.3 is 0 Å². The number of halogens is 2. The molecule has 6 heteroatoms. The van der Waals surface area contributed by atoms with E-state index in [0.29, 0.717) is 13.1 Å². The van der Waals surface area contributed by atoms with Gasteiger partial charge in [0, 0.05) is 32.5 Å². The molecule has 2 rings (SSSR count). The monoisotopic (exact) mass is 341 g/mol. The largest absolute Gasteiger partial charge is 0.341 e. The number of pyridine rings is 1. The summed E-state index contributed by atoms with van der Waals surface area (Å²) in [6.45, 7) is 0.843. The Morgan fingerprint density at radius 3 is 2.41 bits per heavy atom. The number of rotatable bonds is 5. The fourth-order valence-corrected chi connectivity index (χ4v) is 2.17. The summed E-state index contributed by atoms with van der Waals surface area (Å²) in [5.74, 6) is -0.263. The Balaban J connectivity index is 0.00000220. The van der Waals surface area contributed by atoms with Gasteiger partial charge in [-0.1, -0.05) is 36.4 Å². The van der Waals surface area contributed by atoms with E-state index in [2.05, 4.69) is 4.98 Å². The lowest BCUT2D eigenvalue weighted by molar-refractivity contribution is -0.131. The van der Waals surface area contributed by atoms with Crippen LogP contribution >= 0.6 is 24.8 Å². The maximum absolute atomic E-state index is 12.5. The Bertz CT molecular complexity index is 552. The van der Waals surface area contributed by atoms with Crippen LogP contribution < -0.4 is 5.73 Å². The van der Waals surface area contributed by atoms with Crippen molar-refractivity contribution in [1.82, 2.24) is 9.88 Å². The number of hydrogen-bond acceptors (Lipinski definition) is 3. The molecular formula is C16H21Cl2N3O. The molecule has 0 saturated heterocycles. The van der Waals surface area contributed by atoms with Crippen molar-refractivity contribution in [2.45, 2.75) is 12.5 Å². The first-order valence-corrected chi connectivity index (χ1v) is 6.61. The number of carbonyl (C=O) groups is 1. The van der Waals surface area contributed by atoms with E-state index in [-0.39, 0.29) is 36.6 Å². The van der Waals surface area contributed by atoms with Gasteiger partial charge in [-0.3, -0.25) is 9.78 Å². The van der Waals surface area contributed by atoms with E-state index in [4.69, 9.17) is 5.73 Å². The Labute approximate surface area is 143 Å². The molecule has 0 spiro atoms. The lowest BCUT2D eigenvalue weighted by Crippen LogP contribution is -2.34. The first-order chi connectivity index (χ1) is 9.72. The summed E-state index contributed by atoms with van der Waals surface area (Å²) in [7, 11) is 1.79. The summed E-state index contributed by atoms with van der Waals surface area (Å²) in [6, 6.07) is 13.5. The average molecular weight is 342 g/mol. The molecule has 22 heavy (non-hydrogen) atoms. The number of nitrogens with zero attached hydrogens (tertiary/aromatic N) is 2. The average Bonchev–Trinajstić information content (AvgIpc) is 2.50. The molecule has 1 aromatic heterocycles. The van der Waals surface area contributed by atoms with E-state index >= 15 is 0 Å². The fourth-order valence-electron chi connectivity index (χ4n) is 2.17. The zero-order chi connectivity index (χ0) is 14.4. The van der Waals surface area contributed by atoms with Gasteiger partial charge in [0.1, 0.15) is 0 Å². The molecule has 1 amide bonds. The minimum absolute atomic E-state index is 0. The van der Waals surface area contributed by atoms with Crippen LogP contribution in [0.2, 0.25) is 0 Å². The smallest absolute Gasteiger partial charge is 0.231 e. The van der Waals surface area contributed by atoms with Crippen molar-refractivity contribution in [1.29, 1.82) is 0 Å². The maximum Gasteiger partial charge on any atom is 0.231 e. The van der Waals surface area contributed by atoms with Crippen LogP contribution in [-0.4, -0.2) is 29.4 Å². The first kappa shape index (κ1) is 20.4. The van der Waals surface area contributed by atoms with Crippen molar-refractivity contribution in [3.8, 4) is 0 Å². The van der Waals surface area contributed by atoms with E-state index in [1.165, 1.54) is 0 Å². The standard InChI is InChI=1S/C16H19N3O.2ClH/c1-19(12-13-6-5-9-18-11-13)16(20)15(10-17)14-7-3-2-4-8-14;;/h2-9,11,15H,10,12,17H2,1H3;2*1H. The highest BCUT2D eigenvalue weighted by Crippen LogP contribution is 2.17. The van der Waals surface area contributed by atoms with Gasteiger partial charge in [-0.15, -0.1) is 24.8 Å². The Morgan fingerprint density at radius 1 is 1.18 bits per heavy atom. The van der Waals surface area contributed by atoms with Gasteiger partial charge in [0.2, 0.25) is 5.91 Å². The SMILES string of the molecule is CN(Cc1cccnc1)C(=O)C(CN)c1ccccc1.Cl.Cl. The minimum Gasteiger partial charge on any atom is -0.341 e. The van der Waals surface area contributed by atoms with Crippen molar-refractivity contribution < 1.29 is 4.79 Å². The highest BCUT2D eigenvalue weighted by atomic mass is 35.5. The second-order valence-corrected chi connectivity index (χ2v) is 4.75. The number of aromatic nitrogens is 1. The van der Waals surface area contributed by atoms with Crippen molar-refractivity contribution in [2.24, 2.45) is 5.73 Å². The van der Waals surface area contributed by atoms with Crippen LogP contribution in [0.4, 0.5) is 0 Å². The summed E-state index contributed by atoms with van der Waals surface area (Å²) >= 11 is 0. The van der Waals surface area contributed by atoms with Gasteiger partial charge in [-0.25, -0.2) is 0 Å². The summed E-state index contributed by atoms with van der Waals surface area (Å²) in [5.41, 5.74) is 7.74. The van der Waals surface area contributed by atoms with Crippen LogP contribution in [0.3, 0.4) is 0 Å².